The minimum Gasteiger partial charge on any atom is -0.497 e. The Kier molecular flexibility index (Phi) is 7.35. The van der Waals surface area contributed by atoms with Gasteiger partial charge in [0, 0.05) is 51.1 Å². The van der Waals surface area contributed by atoms with Gasteiger partial charge in [0.1, 0.15) is 5.75 Å². The van der Waals surface area contributed by atoms with Crippen molar-refractivity contribution in [1.29, 1.82) is 0 Å². The molecule has 1 atom stereocenters. The molecule has 0 bridgehead atoms. The van der Waals surface area contributed by atoms with Gasteiger partial charge in [0.2, 0.25) is 17.7 Å². The number of fused-ring (bicyclic) bond motifs is 1. The van der Waals surface area contributed by atoms with E-state index < -0.39 is 5.41 Å². The summed E-state index contributed by atoms with van der Waals surface area (Å²) in [6.07, 6.45) is 1.58. The van der Waals surface area contributed by atoms with Crippen LogP contribution in [0.3, 0.4) is 0 Å². The highest BCUT2D eigenvalue weighted by atomic mass is 16.5. The van der Waals surface area contributed by atoms with Crippen molar-refractivity contribution in [1.82, 2.24) is 19.7 Å². The van der Waals surface area contributed by atoms with Gasteiger partial charge < -0.3 is 14.5 Å². The van der Waals surface area contributed by atoms with E-state index in [9.17, 15) is 14.4 Å². The molecule has 1 aromatic heterocycles. The summed E-state index contributed by atoms with van der Waals surface area (Å²) < 4.78 is 5.38. The topological polar surface area (TPSA) is 83.1 Å². The Labute approximate surface area is 211 Å². The van der Waals surface area contributed by atoms with Gasteiger partial charge in [0.05, 0.1) is 18.0 Å². The van der Waals surface area contributed by atoms with E-state index in [4.69, 9.17) is 4.74 Å². The van der Waals surface area contributed by atoms with Crippen molar-refractivity contribution in [3.8, 4) is 5.75 Å². The molecule has 1 aliphatic rings. The van der Waals surface area contributed by atoms with Crippen LogP contribution >= 0.6 is 0 Å². The lowest BCUT2D eigenvalue weighted by molar-refractivity contribution is -0.142. The first-order valence-corrected chi connectivity index (χ1v) is 12.0. The maximum absolute atomic E-state index is 13.8. The average molecular weight is 489 g/mol. The number of hydrogen-bond acceptors (Lipinski definition) is 6. The zero-order valence-electron chi connectivity index (χ0n) is 21.2. The molecule has 0 saturated carbocycles. The minimum absolute atomic E-state index is 0.0514. The van der Waals surface area contributed by atoms with Gasteiger partial charge in [-0.2, -0.15) is 0 Å². The van der Waals surface area contributed by atoms with Crippen molar-refractivity contribution in [2.75, 3.05) is 41.3 Å². The Morgan fingerprint density at radius 2 is 1.86 bits per heavy atom. The summed E-state index contributed by atoms with van der Waals surface area (Å²) in [6, 6.07) is 16.8. The number of carbonyl (C=O) groups is 3. The third kappa shape index (κ3) is 4.95. The van der Waals surface area contributed by atoms with Crippen molar-refractivity contribution in [2.45, 2.75) is 24.8 Å². The SMILES string of the molecule is COc1cccc(C2(CC(=O)N(C)Cc3cccc4ncccc34)CC(=O)N(CCN(C)C)C2=O)c1. The summed E-state index contributed by atoms with van der Waals surface area (Å²) in [6.45, 7) is 1.20. The predicted octanol–water partition coefficient (Wildman–Crippen LogP) is 2.85. The van der Waals surface area contributed by atoms with E-state index in [1.807, 2.05) is 49.3 Å². The molecule has 36 heavy (non-hydrogen) atoms. The first-order chi connectivity index (χ1) is 17.2. The molecule has 1 aliphatic heterocycles. The fourth-order valence-corrected chi connectivity index (χ4v) is 4.76. The number of nitrogens with zero attached hydrogens (tertiary/aromatic N) is 4. The van der Waals surface area contributed by atoms with Crippen LogP contribution in [-0.2, 0) is 26.3 Å². The van der Waals surface area contributed by atoms with Gasteiger partial charge in [0.25, 0.3) is 0 Å². The number of ether oxygens (including phenoxy) is 1. The molecule has 4 rings (SSSR count). The first-order valence-electron chi connectivity index (χ1n) is 12.0. The number of pyridine rings is 1. The number of carbonyl (C=O) groups excluding carboxylic acids is 3. The summed E-state index contributed by atoms with van der Waals surface area (Å²) in [4.78, 5) is 49.7. The van der Waals surface area contributed by atoms with E-state index in [0.29, 0.717) is 24.4 Å². The quantitative estimate of drug-likeness (QED) is 0.431. The van der Waals surface area contributed by atoms with Crippen molar-refractivity contribution in [3.63, 3.8) is 0 Å². The zero-order valence-corrected chi connectivity index (χ0v) is 21.2. The smallest absolute Gasteiger partial charge is 0.240 e. The number of benzene rings is 2. The molecule has 1 unspecified atom stereocenters. The second kappa shape index (κ2) is 10.5. The molecular weight excluding hydrogens is 456 g/mol. The molecular formula is C28H32N4O4. The van der Waals surface area contributed by atoms with E-state index >= 15 is 0 Å². The molecule has 8 heteroatoms. The van der Waals surface area contributed by atoms with Crippen LogP contribution < -0.4 is 4.74 Å². The van der Waals surface area contributed by atoms with Crippen LogP contribution in [0.2, 0.25) is 0 Å². The molecule has 0 aliphatic carbocycles. The van der Waals surface area contributed by atoms with Gasteiger partial charge >= 0.3 is 0 Å². The Bertz CT molecular complexity index is 1290. The highest BCUT2D eigenvalue weighted by Gasteiger charge is 2.54. The molecule has 3 aromatic rings. The monoisotopic (exact) mass is 488 g/mol. The minimum atomic E-state index is -1.27. The van der Waals surface area contributed by atoms with E-state index in [-0.39, 0.29) is 37.1 Å². The molecule has 1 saturated heterocycles. The molecule has 0 radical (unpaired) electrons. The van der Waals surface area contributed by atoms with E-state index in [0.717, 1.165) is 16.5 Å². The standard InChI is InChI=1S/C28H32N4O4/c1-30(2)14-15-32-26(34)18-28(27(32)35,21-9-6-10-22(16-21)36-4)17-25(33)31(3)19-20-8-5-12-24-23(20)11-7-13-29-24/h5-13,16H,14-15,17-19H2,1-4H3. The van der Waals surface area contributed by atoms with E-state index in [2.05, 4.69) is 4.98 Å². The molecule has 2 heterocycles. The normalized spacial score (nSPS) is 17.8. The number of aromatic nitrogens is 1. The Hall–Kier alpha value is -3.78. The zero-order chi connectivity index (χ0) is 25.9. The summed E-state index contributed by atoms with van der Waals surface area (Å²) in [5, 5.41) is 0.976. The summed E-state index contributed by atoms with van der Waals surface area (Å²) in [7, 11) is 7.06. The van der Waals surface area contributed by atoms with Crippen molar-refractivity contribution < 1.29 is 19.1 Å². The number of methoxy groups -OCH3 is 1. The third-order valence-electron chi connectivity index (χ3n) is 6.82. The number of likely N-dealkylation sites (tertiary alicyclic amines) is 1. The first kappa shape index (κ1) is 25.3. The number of imide groups is 1. The van der Waals surface area contributed by atoms with Gasteiger partial charge in [-0.25, -0.2) is 0 Å². The number of amides is 3. The molecule has 3 amide bonds. The third-order valence-corrected chi connectivity index (χ3v) is 6.82. The molecule has 2 aromatic carbocycles. The lowest BCUT2D eigenvalue weighted by atomic mass is 9.75. The van der Waals surface area contributed by atoms with Gasteiger partial charge in [-0.1, -0.05) is 30.3 Å². The van der Waals surface area contributed by atoms with Gasteiger partial charge in [-0.3, -0.25) is 24.3 Å². The fourth-order valence-electron chi connectivity index (χ4n) is 4.76. The van der Waals surface area contributed by atoms with Crippen LogP contribution in [-0.4, -0.2) is 78.7 Å². The van der Waals surface area contributed by atoms with Crippen molar-refractivity contribution >= 4 is 28.6 Å². The predicted molar refractivity (Wildman–Crippen MR) is 137 cm³/mol. The number of rotatable bonds is 9. The number of likely N-dealkylation sites (N-methyl/N-ethyl adjacent to an activating group) is 1. The second-order valence-corrected chi connectivity index (χ2v) is 9.56. The summed E-state index contributed by atoms with van der Waals surface area (Å²) in [5.74, 6) is -0.240. The van der Waals surface area contributed by atoms with Crippen LogP contribution in [0.4, 0.5) is 0 Å². The van der Waals surface area contributed by atoms with Crippen LogP contribution in [0.1, 0.15) is 24.0 Å². The second-order valence-electron chi connectivity index (χ2n) is 9.56. The lowest BCUT2D eigenvalue weighted by Crippen LogP contribution is -2.44. The lowest BCUT2D eigenvalue weighted by Gasteiger charge is -2.30. The van der Waals surface area contributed by atoms with E-state index in [1.54, 1.807) is 49.5 Å². The molecule has 0 N–H and O–H groups in total. The highest BCUT2D eigenvalue weighted by Crippen LogP contribution is 2.41. The van der Waals surface area contributed by atoms with Crippen LogP contribution in [0.25, 0.3) is 10.9 Å². The maximum Gasteiger partial charge on any atom is 0.240 e. The molecule has 188 valence electrons. The van der Waals surface area contributed by atoms with Crippen LogP contribution in [0.15, 0.2) is 60.8 Å². The molecule has 1 fully saturated rings. The van der Waals surface area contributed by atoms with Gasteiger partial charge in [-0.15, -0.1) is 0 Å². The maximum atomic E-state index is 13.8. The van der Waals surface area contributed by atoms with Gasteiger partial charge in [0.15, 0.2) is 0 Å². The van der Waals surface area contributed by atoms with E-state index in [1.165, 1.54) is 4.90 Å². The average Bonchev–Trinajstić information content (AvgIpc) is 3.12. The summed E-state index contributed by atoms with van der Waals surface area (Å²) >= 11 is 0. The Balaban J connectivity index is 1.64. The van der Waals surface area contributed by atoms with Crippen molar-refractivity contribution in [2.24, 2.45) is 0 Å². The van der Waals surface area contributed by atoms with Crippen molar-refractivity contribution in [3.05, 3.63) is 71.9 Å². The fraction of sp³-hybridized carbons (Fsp3) is 0.357. The molecule has 0 spiro atoms. The highest BCUT2D eigenvalue weighted by molar-refractivity contribution is 6.10. The summed E-state index contributed by atoms with van der Waals surface area (Å²) in [5.41, 5.74) is 1.16. The number of hydrogen-bond donors (Lipinski definition) is 0. The van der Waals surface area contributed by atoms with Crippen LogP contribution in [0.5, 0.6) is 5.75 Å². The Morgan fingerprint density at radius 1 is 1.08 bits per heavy atom. The molecule has 8 nitrogen and oxygen atoms in total. The Morgan fingerprint density at radius 3 is 2.61 bits per heavy atom. The largest absolute Gasteiger partial charge is 0.497 e. The van der Waals surface area contributed by atoms with Gasteiger partial charge in [-0.05, 0) is 49.5 Å². The van der Waals surface area contributed by atoms with Crippen LogP contribution in [0, 0.1) is 0 Å².